The number of aromatic amines is 1. The summed E-state index contributed by atoms with van der Waals surface area (Å²) in [5.41, 5.74) is 0.184. The molecule has 0 bridgehead atoms. The molecule has 0 unspecified atom stereocenters. The van der Waals surface area contributed by atoms with E-state index in [9.17, 15) is 14.4 Å². The molecular formula is C20H23N5O5. The molecule has 2 aliphatic heterocycles. The van der Waals surface area contributed by atoms with E-state index in [0.717, 1.165) is 0 Å². The van der Waals surface area contributed by atoms with Crippen molar-refractivity contribution in [1.29, 1.82) is 0 Å². The maximum Gasteiger partial charge on any atom is 0.258 e. The van der Waals surface area contributed by atoms with Crippen LogP contribution >= 0.6 is 0 Å². The highest BCUT2D eigenvalue weighted by atomic mass is 16.5. The second-order valence-corrected chi connectivity index (χ2v) is 6.97. The molecule has 0 aliphatic carbocycles. The number of para-hydroxylation sites is 2. The molecule has 3 N–H and O–H groups in total. The standard InChI is InChI=1S/C20H23N5O5/c1-2-30-14-6-4-3-5-13(14)21-18(27)12-11-15(26)22-17-16(12)19(28)24-20(23-17)25-7-9-29-10-8-25/h3-6,12H,2,7-11H2,1H3,(H,21,27)(H2,22,23,24,26,28)/t12-/m1/s1. The number of fused-ring (bicyclic) bond motifs is 1. The van der Waals surface area contributed by atoms with Crippen LogP contribution in [0.2, 0.25) is 0 Å². The van der Waals surface area contributed by atoms with Crippen LogP contribution in [0.3, 0.4) is 0 Å². The molecule has 158 valence electrons. The summed E-state index contributed by atoms with van der Waals surface area (Å²) in [6.45, 7) is 4.49. The maximum atomic E-state index is 13.0. The zero-order chi connectivity index (χ0) is 21.1. The first-order valence-corrected chi connectivity index (χ1v) is 9.86. The first-order chi connectivity index (χ1) is 14.6. The van der Waals surface area contributed by atoms with Crippen molar-refractivity contribution in [3.8, 4) is 5.75 Å². The Labute approximate surface area is 172 Å². The van der Waals surface area contributed by atoms with E-state index in [2.05, 4.69) is 20.6 Å². The average Bonchev–Trinajstić information content (AvgIpc) is 2.75. The Morgan fingerprint density at radius 2 is 2.07 bits per heavy atom. The van der Waals surface area contributed by atoms with Crippen molar-refractivity contribution in [3.63, 3.8) is 0 Å². The van der Waals surface area contributed by atoms with Crippen molar-refractivity contribution in [2.75, 3.05) is 48.4 Å². The van der Waals surface area contributed by atoms with Crippen LogP contribution in [-0.4, -0.2) is 54.7 Å². The number of H-pyrrole nitrogens is 1. The van der Waals surface area contributed by atoms with Crippen LogP contribution < -0.4 is 25.8 Å². The van der Waals surface area contributed by atoms with Gasteiger partial charge in [-0.1, -0.05) is 12.1 Å². The fourth-order valence-corrected chi connectivity index (χ4v) is 3.58. The Morgan fingerprint density at radius 1 is 1.30 bits per heavy atom. The van der Waals surface area contributed by atoms with Crippen LogP contribution in [-0.2, 0) is 14.3 Å². The monoisotopic (exact) mass is 413 g/mol. The summed E-state index contributed by atoms with van der Waals surface area (Å²) < 4.78 is 10.9. The number of ether oxygens (including phenoxy) is 2. The molecule has 1 atom stereocenters. The van der Waals surface area contributed by atoms with E-state index in [1.165, 1.54) is 0 Å². The van der Waals surface area contributed by atoms with Crippen LogP contribution in [0.25, 0.3) is 0 Å². The van der Waals surface area contributed by atoms with Crippen LogP contribution in [0.15, 0.2) is 29.1 Å². The molecule has 0 radical (unpaired) electrons. The minimum absolute atomic E-state index is 0.120. The molecule has 1 saturated heterocycles. The van der Waals surface area contributed by atoms with Gasteiger partial charge in [-0.25, -0.2) is 0 Å². The van der Waals surface area contributed by atoms with Gasteiger partial charge in [0.1, 0.15) is 11.6 Å². The smallest absolute Gasteiger partial charge is 0.258 e. The fourth-order valence-electron chi connectivity index (χ4n) is 3.58. The van der Waals surface area contributed by atoms with Crippen LogP contribution in [0.5, 0.6) is 5.75 Å². The third-order valence-corrected chi connectivity index (χ3v) is 5.01. The summed E-state index contributed by atoms with van der Waals surface area (Å²) in [5.74, 6) is -0.807. The number of anilines is 3. The summed E-state index contributed by atoms with van der Waals surface area (Å²) in [4.78, 5) is 47.2. The quantitative estimate of drug-likeness (QED) is 0.669. The lowest BCUT2D eigenvalue weighted by molar-refractivity contribution is -0.123. The number of morpholine rings is 1. The van der Waals surface area contributed by atoms with Crippen molar-refractivity contribution in [3.05, 3.63) is 40.2 Å². The lowest BCUT2D eigenvalue weighted by atomic mass is 9.92. The Kier molecular flexibility index (Phi) is 5.66. The second-order valence-electron chi connectivity index (χ2n) is 6.97. The molecule has 30 heavy (non-hydrogen) atoms. The molecule has 2 aromatic rings. The molecule has 4 rings (SSSR count). The molecule has 3 heterocycles. The summed E-state index contributed by atoms with van der Waals surface area (Å²) >= 11 is 0. The molecule has 1 fully saturated rings. The van der Waals surface area contributed by atoms with Gasteiger partial charge in [0, 0.05) is 19.5 Å². The Bertz CT molecular complexity index is 1010. The molecule has 0 saturated carbocycles. The number of nitrogens with one attached hydrogen (secondary N) is 3. The van der Waals surface area contributed by atoms with Gasteiger partial charge in [-0.3, -0.25) is 19.4 Å². The predicted molar refractivity (Wildman–Crippen MR) is 110 cm³/mol. The van der Waals surface area contributed by atoms with E-state index in [1.54, 1.807) is 24.3 Å². The predicted octanol–water partition coefficient (Wildman–Crippen LogP) is 1.07. The highest BCUT2D eigenvalue weighted by molar-refractivity contribution is 6.04. The number of hydrogen-bond donors (Lipinski definition) is 3. The third-order valence-electron chi connectivity index (χ3n) is 5.01. The highest BCUT2D eigenvalue weighted by Gasteiger charge is 2.35. The Balaban J connectivity index is 1.64. The van der Waals surface area contributed by atoms with Gasteiger partial charge in [0.25, 0.3) is 5.56 Å². The van der Waals surface area contributed by atoms with Gasteiger partial charge < -0.3 is 25.0 Å². The minimum Gasteiger partial charge on any atom is -0.492 e. The SMILES string of the molecule is CCOc1ccccc1NC(=O)[C@@H]1CC(=O)Nc2nc(N3CCOCC3)[nH]c(=O)c21. The summed E-state index contributed by atoms with van der Waals surface area (Å²) in [6.07, 6.45) is -0.142. The largest absolute Gasteiger partial charge is 0.492 e. The number of amides is 2. The normalized spacial score (nSPS) is 18.4. The van der Waals surface area contributed by atoms with Crippen LogP contribution in [0, 0.1) is 0 Å². The molecule has 2 amide bonds. The number of hydrogen-bond acceptors (Lipinski definition) is 7. The first-order valence-electron chi connectivity index (χ1n) is 9.86. The number of carbonyl (C=O) groups is 2. The fraction of sp³-hybridized carbons (Fsp3) is 0.400. The van der Waals surface area contributed by atoms with Crippen molar-refractivity contribution in [1.82, 2.24) is 9.97 Å². The molecule has 10 nitrogen and oxygen atoms in total. The van der Waals surface area contributed by atoms with Gasteiger partial charge >= 0.3 is 0 Å². The van der Waals surface area contributed by atoms with Crippen molar-refractivity contribution in [2.45, 2.75) is 19.3 Å². The Hall–Kier alpha value is -3.40. The number of carbonyl (C=O) groups excluding carboxylic acids is 2. The van der Waals surface area contributed by atoms with Gasteiger partial charge in [0.15, 0.2) is 0 Å². The first kappa shape index (κ1) is 19.9. The topological polar surface area (TPSA) is 126 Å². The summed E-state index contributed by atoms with van der Waals surface area (Å²) in [7, 11) is 0. The number of benzene rings is 1. The van der Waals surface area contributed by atoms with Crippen LogP contribution in [0.1, 0.15) is 24.8 Å². The minimum atomic E-state index is -0.960. The van der Waals surface area contributed by atoms with Gasteiger partial charge in [-0.15, -0.1) is 0 Å². The second kappa shape index (κ2) is 8.54. The summed E-state index contributed by atoms with van der Waals surface area (Å²) in [5, 5.41) is 5.41. The van der Waals surface area contributed by atoms with Gasteiger partial charge in [-0.2, -0.15) is 4.98 Å². The van der Waals surface area contributed by atoms with Gasteiger partial charge in [-0.05, 0) is 19.1 Å². The average molecular weight is 413 g/mol. The van der Waals surface area contributed by atoms with Crippen molar-refractivity contribution < 1.29 is 19.1 Å². The van der Waals surface area contributed by atoms with E-state index in [4.69, 9.17) is 9.47 Å². The lowest BCUT2D eigenvalue weighted by Crippen LogP contribution is -2.41. The lowest BCUT2D eigenvalue weighted by Gasteiger charge is -2.29. The highest BCUT2D eigenvalue weighted by Crippen LogP contribution is 2.32. The number of aromatic nitrogens is 2. The zero-order valence-corrected chi connectivity index (χ0v) is 16.6. The van der Waals surface area contributed by atoms with E-state index >= 15 is 0 Å². The van der Waals surface area contributed by atoms with Crippen molar-refractivity contribution >= 4 is 29.3 Å². The summed E-state index contributed by atoms with van der Waals surface area (Å²) in [6, 6.07) is 7.01. The van der Waals surface area contributed by atoms with E-state index in [1.807, 2.05) is 11.8 Å². The van der Waals surface area contributed by atoms with E-state index in [0.29, 0.717) is 50.3 Å². The van der Waals surface area contributed by atoms with Crippen molar-refractivity contribution in [2.24, 2.45) is 0 Å². The van der Waals surface area contributed by atoms with E-state index in [-0.39, 0.29) is 23.7 Å². The van der Waals surface area contributed by atoms with E-state index < -0.39 is 17.4 Å². The molecule has 2 aliphatic rings. The molecule has 10 heteroatoms. The maximum absolute atomic E-state index is 13.0. The third kappa shape index (κ3) is 3.99. The number of rotatable bonds is 5. The molecule has 1 aromatic carbocycles. The molecular weight excluding hydrogens is 390 g/mol. The number of nitrogens with zero attached hydrogens (tertiary/aromatic N) is 2. The Morgan fingerprint density at radius 3 is 2.83 bits per heavy atom. The van der Waals surface area contributed by atoms with Crippen LogP contribution in [0.4, 0.5) is 17.5 Å². The molecule has 1 aromatic heterocycles. The molecule has 0 spiro atoms. The zero-order valence-electron chi connectivity index (χ0n) is 16.6. The van der Waals surface area contributed by atoms with Gasteiger partial charge in [0.05, 0.1) is 37.0 Å². The van der Waals surface area contributed by atoms with Gasteiger partial charge in [0.2, 0.25) is 17.8 Å².